The maximum absolute atomic E-state index is 11.6. The van der Waals surface area contributed by atoms with Gasteiger partial charge in [-0.05, 0) is 6.42 Å². The molecule has 18 heavy (non-hydrogen) atoms. The number of carboxylic acid groups (broad SMARTS) is 1. The average Bonchev–Trinajstić information content (AvgIpc) is 2.76. The fraction of sp³-hybridized carbons (Fsp3) is 0.667. The van der Waals surface area contributed by atoms with Crippen molar-refractivity contribution in [3.63, 3.8) is 0 Å². The number of quaternary nitrogens is 1. The molecule has 2 rings (SSSR count). The summed E-state index contributed by atoms with van der Waals surface area (Å²) >= 11 is 0. The Balaban J connectivity index is 1.83. The first-order chi connectivity index (χ1) is 8.49. The Labute approximate surface area is 103 Å². The molecule has 0 aromatic rings. The van der Waals surface area contributed by atoms with E-state index in [0.29, 0.717) is 19.4 Å². The summed E-state index contributed by atoms with van der Waals surface area (Å²) in [6.45, 7) is 0.355. The molecule has 6 N–H and O–H groups in total. The lowest BCUT2D eigenvalue weighted by Gasteiger charge is -2.21. The minimum absolute atomic E-state index is 0.286. The molecule has 9 heteroatoms. The highest BCUT2D eigenvalue weighted by Crippen LogP contribution is 2.14. The van der Waals surface area contributed by atoms with E-state index in [0.717, 1.165) is 0 Å². The van der Waals surface area contributed by atoms with Gasteiger partial charge in [-0.15, -0.1) is 0 Å². The lowest BCUT2D eigenvalue weighted by molar-refractivity contribution is -0.438. The zero-order valence-corrected chi connectivity index (χ0v) is 9.64. The number of rotatable bonds is 5. The zero-order valence-electron chi connectivity index (χ0n) is 9.64. The van der Waals surface area contributed by atoms with Gasteiger partial charge in [0.15, 0.2) is 0 Å². The van der Waals surface area contributed by atoms with Crippen molar-refractivity contribution in [2.24, 2.45) is 0 Å². The molecule has 0 aliphatic carbocycles. The van der Waals surface area contributed by atoms with Gasteiger partial charge in [0.25, 0.3) is 0 Å². The summed E-state index contributed by atoms with van der Waals surface area (Å²) in [6, 6.07) is -1.41. The Hall–Kier alpha value is -2.03. The Morgan fingerprint density at radius 1 is 1.39 bits per heavy atom. The predicted molar refractivity (Wildman–Crippen MR) is 55.4 cm³/mol. The number of fused-ring (bicyclic) bond motifs is 1. The second-order valence-electron chi connectivity index (χ2n) is 4.34. The van der Waals surface area contributed by atoms with Gasteiger partial charge in [0.2, 0.25) is 0 Å². The fourth-order valence-electron chi connectivity index (χ4n) is 2.06. The molecule has 4 amide bonds. The molecule has 2 aliphatic rings. The number of carboxylic acids is 1. The third kappa shape index (κ3) is 2.30. The predicted octanol–water partition coefficient (Wildman–Crippen LogP) is -3.88. The molecule has 0 bridgehead atoms. The largest absolute Gasteiger partial charge is 0.544 e. The highest BCUT2D eigenvalue weighted by molar-refractivity contribution is 5.84. The van der Waals surface area contributed by atoms with Crippen molar-refractivity contribution in [1.82, 2.24) is 20.9 Å². The number of nitrogens with zero attached hydrogens (tertiary/aromatic N) is 1. The van der Waals surface area contributed by atoms with Crippen LogP contribution in [0, 0.1) is 0 Å². The van der Waals surface area contributed by atoms with Crippen LogP contribution in [0.3, 0.4) is 0 Å². The van der Waals surface area contributed by atoms with Crippen LogP contribution in [-0.2, 0) is 4.79 Å². The minimum Gasteiger partial charge on any atom is -0.544 e. The van der Waals surface area contributed by atoms with Gasteiger partial charge >= 0.3 is 12.1 Å². The lowest BCUT2D eigenvalue weighted by atomic mass is 10.1. The number of aliphatic carboxylic acids is 1. The molecule has 0 saturated carbocycles. The Kier molecular flexibility index (Phi) is 3.24. The molecule has 2 saturated heterocycles. The molecule has 0 unspecified atom stereocenters. The third-order valence-electron chi connectivity index (χ3n) is 3.04. The second-order valence-corrected chi connectivity index (χ2v) is 4.34. The number of carbonyl (C=O) groups excluding carboxylic acids is 3. The number of carbonyl (C=O) groups is 3. The first kappa shape index (κ1) is 12.4. The van der Waals surface area contributed by atoms with E-state index in [2.05, 4.69) is 21.7 Å². The van der Waals surface area contributed by atoms with Gasteiger partial charge in [0.05, 0.1) is 5.97 Å². The maximum atomic E-state index is 11.6. The van der Waals surface area contributed by atoms with Crippen molar-refractivity contribution in [1.29, 1.82) is 0 Å². The van der Waals surface area contributed by atoms with E-state index >= 15 is 0 Å². The van der Waals surface area contributed by atoms with Crippen molar-refractivity contribution < 1.29 is 25.2 Å². The number of hydrogen-bond donors (Lipinski definition) is 4. The Bertz CT molecular complexity index is 387. The summed E-state index contributed by atoms with van der Waals surface area (Å²) in [5.41, 5.74) is 3.44. The van der Waals surface area contributed by atoms with E-state index in [9.17, 15) is 19.5 Å². The van der Waals surface area contributed by atoms with Crippen LogP contribution >= 0.6 is 0 Å². The van der Waals surface area contributed by atoms with Gasteiger partial charge < -0.3 is 36.5 Å². The summed E-state index contributed by atoms with van der Waals surface area (Å²) < 4.78 is 0. The SMILES string of the molecule is [NH3+][C@@H](CCCN1C(=O)N[C@@H]2NC(=O)N[C@@H]21)C(=O)[O-]. The van der Waals surface area contributed by atoms with E-state index in [1.165, 1.54) is 4.90 Å². The number of nitrogens with one attached hydrogen (secondary N) is 3. The molecule has 0 spiro atoms. The summed E-state index contributed by atoms with van der Waals surface area (Å²) in [6.07, 6.45) is -0.0441. The van der Waals surface area contributed by atoms with Crippen molar-refractivity contribution in [3.8, 4) is 0 Å². The lowest BCUT2D eigenvalue weighted by Crippen LogP contribution is -2.68. The minimum atomic E-state index is -1.20. The fourth-order valence-corrected chi connectivity index (χ4v) is 2.06. The van der Waals surface area contributed by atoms with Gasteiger partial charge in [0.1, 0.15) is 18.4 Å². The normalized spacial score (nSPS) is 27.3. The monoisotopic (exact) mass is 257 g/mol. The van der Waals surface area contributed by atoms with Gasteiger partial charge in [-0.2, -0.15) is 0 Å². The van der Waals surface area contributed by atoms with Gasteiger partial charge in [-0.1, -0.05) is 0 Å². The van der Waals surface area contributed by atoms with E-state index in [4.69, 9.17) is 0 Å². The molecule has 0 aromatic heterocycles. The van der Waals surface area contributed by atoms with Crippen LogP contribution in [0.4, 0.5) is 9.59 Å². The Morgan fingerprint density at radius 2 is 2.11 bits per heavy atom. The summed E-state index contributed by atoms with van der Waals surface area (Å²) in [7, 11) is 0. The molecule has 3 atom stereocenters. The highest BCUT2D eigenvalue weighted by atomic mass is 16.4. The third-order valence-corrected chi connectivity index (χ3v) is 3.04. The van der Waals surface area contributed by atoms with Crippen LogP contribution in [0.1, 0.15) is 12.8 Å². The van der Waals surface area contributed by atoms with Crippen molar-refractivity contribution >= 4 is 18.0 Å². The van der Waals surface area contributed by atoms with Gasteiger partial charge in [-0.25, -0.2) is 9.59 Å². The smallest absolute Gasteiger partial charge is 0.320 e. The molecule has 100 valence electrons. The van der Waals surface area contributed by atoms with E-state index in [1.54, 1.807) is 0 Å². The summed E-state index contributed by atoms with van der Waals surface area (Å²) in [4.78, 5) is 34.6. The molecule has 0 aromatic carbocycles. The van der Waals surface area contributed by atoms with Crippen molar-refractivity contribution in [2.45, 2.75) is 31.2 Å². The molecular weight excluding hydrogens is 242 g/mol. The molecule has 9 nitrogen and oxygen atoms in total. The molecule has 0 radical (unpaired) electrons. The van der Waals surface area contributed by atoms with Crippen LogP contribution in [0.15, 0.2) is 0 Å². The zero-order chi connectivity index (χ0) is 13.3. The van der Waals surface area contributed by atoms with Crippen LogP contribution in [0.2, 0.25) is 0 Å². The van der Waals surface area contributed by atoms with Crippen LogP contribution < -0.4 is 26.8 Å². The maximum Gasteiger partial charge on any atom is 0.320 e. The summed E-state index contributed by atoms with van der Waals surface area (Å²) in [5, 5.41) is 18.2. The number of urea groups is 2. The molecule has 2 fully saturated rings. The molecular formula is C9H15N5O4. The van der Waals surface area contributed by atoms with Gasteiger partial charge in [0, 0.05) is 13.0 Å². The van der Waals surface area contributed by atoms with Crippen molar-refractivity contribution in [2.75, 3.05) is 6.54 Å². The van der Waals surface area contributed by atoms with Gasteiger partial charge in [-0.3, -0.25) is 0 Å². The van der Waals surface area contributed by atoms with E-state index < -0.39 is 24.3 Å². The second kappa shape index (κ2) is 4.69. The Morgan fingerprint density at radius 3 is 2.78 bits per heavy atom. The standard InChI is InChI=1S/C9H15N5O4/c10-4(7(15)16)2-1-3-14-6-5(12-9(14)18)11-8(17)13-6/h4-6H,1-3,10H2,(H,12,18)(H,15,16)(H2,11,13,17)/t4-,5-,6+/m0/s1. The average molecular weight is 257 g/mol. The van der Waals surface area contributed by atoms with Crippen LogP contribution in [0.5, 0.6) is 0 Å². The van der Waals surface area contributed by atoms with Crippen molar-refractivity contribution in [3.05, 3.63) is 0 Å². The number of hydrogen-bond acceptors (Lipinski definition) is 4. The first-order valence-electron chi connectivity index (χ1n) is 5.67. The highest BCUT2D eigenvalue weighted by Gasteiger charge is 2.44. The van der Waals surface area contributed by atoms with E-state index in [1.807, 2.05) is 0 Å². The van der Waals surface area contributed by atoms with Crippen LogP contribution in [0.25, 0.3) is 0 Å². The summed E-state index contributed by atoms with van der Waals surface area (Å²) in [5.74, 6) is -1.20. The topological polar surface area (TPSA) is 141 Å². The quantitative estimate of drug-likeness (QED) is 0.399. The van der Waals surface area contributed by atoms with E-state index in [-0.39, 0.29) is 12.1 Å². The number of amides is 4. The molecule has 2 aliphatic heterocycles. The van der Waals surface area contributed by atoms with Crippen LogP contribution in [-0.4, -0.2) is 47.8 Å². The molecule has 2 heterocycles. The first-order valence-corrected chi connectivity index (χ1v) is 5.67.